The first-order chi connectivity index (χ1) is 8.93. The van der Waals surface area contributed by atoms with Crippen molar-refractivity contribution in [2.24, 2.45) is 11.7 Å². The van der Waals surface area contributed by atoms with Crippen molar-refractivity contribution >= 4 is 11.8 Å². The number of hydrogen-bond donors (Lipinski definition) is 1. The summed E-state index contributed by atoms with van der Waals surface area (Å²) in [7, 11) is 0. The maximum atomic E-state index is 12.4. The largest absolute Gasteiger partial charge is 0.405 e. The van der Waals surface area contributed by atoms with Gasteiger partial charge in [-0.25, -0.2) is 0 Å². The summed E-state index contributed by atoms with van der Waals surface area (Å²) in [6.45, 7) is 2.70. The first kappa shape index (κ1) is 15.8. The van der Waals surface area contributed by atoms with Crippen LogP contribution in [-0.2, 0) is 13.1 Å². The predicted molar refractivity (Wildman–Crippen MR) is 64.1 cm³/mol. The lowest BCUT2D eigenvalue weighted by Crippen LogP contribution is -2.23. The number of thioether (sulfide) groups is 1. The molecule has 1 aromatic rings. The minimum absolute atomic E-state index is 0.175. The Morgan fingerprint density at radius 1 is 1.47 bits per heavy atom. The van der Waals surface area contributed by atoms with Crippen molar-refractivity contribution in [3.63, 3.8) is 0 Å². The topological polar surface area (TPSA) is 80.5 Å². The molecule has 0 bridgehead atoms. The van der Waals surface area contributed by atoms with Gasteiger partial charge in [0.25, 0.3) is 0 Å². The van der Waals surface area contributed by atoms with E-state index in [2.05, 4.69) is 10.2 Å². The van der Waals surface area contributed by atoms with Crippen LogP contribution in [0.3, 0.4) is 0 Å². The molecule has 0 spiro atoms. The molecule has 0 aliphatic heterocycles. The Kier molecular flexibility index (Phi) is 5.62. The molecule has 0 amide bonds. The molecule has 1 atom stereocenters. The van der Waals surface area contributed by atoms with Crippen LogP contribution in [0.4, 0.5) is 13.2 Å². The van der Waals surface area contributed by atoms with Gasteiger partial charge in [-0.15, -0.1) is 10.2 Å². The molecule has 0 fully saturated rings. The Labute approximate surface area is 113 Å². The Bertz CT molecular complexity index is 451. The first-order valence-electron chi connectivity index (χ1n) is 5.65. The second-order valence-electron chi connectivity index (χ2n) is 3.79. The third-order valence-corrected chi connectivity index (χ3v) is 3.41. The van der Waals surface area contributed by atoms with E-state index in [1.54, 1.807) is 4.57 Å². The third kappa shape index (κ3) is 4.11. The smallest absolute Gasteiger partial charge is 0.324 e. The zero-order valence-electron chi connectivity index (χ0n) is 10.3. The van der Waals surface area contributed by atoms with Gasteiger partial charge in [-0.05, 0) is 6.42 Å². The van der Waals surface area contributed by atoms with Gasteiger partial charge in [-0.1, -0.05) is 18.7 Å². The molecule has 0 aromatic carbocycles. The molecule has 9 heteroatoms. The zero-order chi connectivity index (χ0) is 14.5. The van der Waals surface area contributed by atoms with E-state index in [0.29, 0.717) is 17.5 Å². The fourth-order valence-corrected chi connectivity index (χ4v) is 2.42. The summed E-state index contributed by atoms with van der Waals surface area (Å²) in [5.74, 6) is -1.87. The van der Waals surface area contributed by atoms with Crippen molar-refractivity contribution < 1.29 is 13.2 Å². The summed E-state index contributed by atoms with van der Waals surface area (Å²) in [5, 5.41) is 16.5. The van der Waals surface area contributed by atoms with Gasteiger partial charge in [-0.3, -0.25) is 0 Å². The summed E-state index contributed by atoms with van der Waals surface area (Å²) < 4.78 is 39.0. The molecule has 0 aliphatic rings. The lowest BCUT2D eigenvalue weighted by atomic mass is 10.2. The van der Waals surface area contributed by atoms with E-state index >= 15 is 0 Å². The molecule has 0 radical (unpaired) electrons. The number of nitriles is 1. The average Bonchev–Trinajstić information content (AvgIpc) is 2.71. The molecule has 2 N–H and O–H groups in total. The van der Waals surface area contributed by atoms with Crippen LogP contribution in [0.15, 0.2) is 5.16 Å². The van der Waals surface area contributed by atoms with Crippen LogP contribution in [0.25, 0.3) is 0 Å². The van der Waals surface area contributed by atoms with E-state index in [1.807, 2.05) is 6.92 Å². The van der Waals surface area contributed by atoms with Crippen LogP contribution in [0.1, 0.15) is 19.2 Å². The summed E-state index contributed by atoms with van der Waals surface area (Å²) >= 11 is 0.874. The SMILES string of the molecule is CCCn1c(CN)nnc1SCC(C#N)C(F)(F)F. The minimum Gasteiger partial charge on any atom is -0.324 e. The number of rotatable bonds is 6. The molecule has 1 rings (SSSR count). The number of halogens is 3. The van der Waals surface area contributed by atoms with Crippen LogP contribution in [-0.4, -0.2) is 26.7 Å². The number of aromatic nitrogens is 3. The van der Waals surface area contributed by atoms with Gasteiger partial charge in [-0.2, -0.15) is 18.4 Å². The maximum Gasteiger partial charge on any atom is 0.405 e. The third-order valence-electron chi connectivity index (χ3n) is 2.35. The number of nitrogens with two attached hydrogens (primary N) is 1. The summed E-state index contributed by atoms with van der Waals surface area (Å²) in [6.07, 6.45) is -3.73. The van der Waals surface area contributed by atoms with Crippen molar-refractivity contribution in [2.45, 2.75) is 37.8 Å². The fraction of sp³-hybridized carbons (Fsp3) is 0.700. The van der Waals surface area contributed by atoms with Crippen LogP contribution in [0, 0.1) is 17.2 Å². The van der Waals surface area contributed by atoms with Gasteiger partial charge in [0, 0.05) is 12.3 Å². The number of alkyl halides is 3. The van der Waals surface area contributed by atoms with Gasteiger partial charge >= 0.3 is 6.18 Å². The van der Waals surface area contributed by atoms with Crippen molar-refractivity contribution in [3.05, 3.63) is 5.82 Å². The van der Waals surface area contributed by atoms with E-state index in [0.717, 1.165) is 18.2 Å². The molecular formula is C10H14F3N5S. The second kappa shape index (κ2) is 6.77. The second-order valence-corrected chi connectivity index (χ2v) is 4.78. The lowest BCUT2D eigenvalue weighted by molar-refractivity contribution is -0.152. The zero-order valence-corrected chi connectivity index (χ0v) is 11.1. The first-order valence-corrected chi connectivity index (χ1v) is 6.63. The molecule has 106 valence electrons. The molecule has 19 heavy (non-hydrogen) atoms. The molecule has 1 unspecified atom stereocenters. The molecule has 0 aliphatic carbocycles. The summed E-state index contributed by atoms with van der Waals surface area (Å²) in [5.41, 5.74) is 5.48. The van der Waals surface area contributed by atoms with Crippen molar-refractivity contribution in [3.8, 4) is 6.07 Å². The van der Waals surface area contributed by atoms with E-state index in [9.17, 15) is 13.2 Å². The Morgan fingerprint density at radius 2 is 2.16 bits per heavy atom. The average molecular weight is 293 g/mol. The summed E-state index contributed by atoms with van der Waals surface area (Å²) in [6, 6.07) is 1.26. The molecule has 1 aromatic heterocycles. The summed E-state index contributed by atoms with van der Waals surface area (Å²) in [4.78, 5) is 0. The van der Waals surface area contributed by atoms with Crippen molar-refractivity contribution in [2.75, 3.05) is 5.75 Å². The highest BCUT2D eigenvalue weighted by Gasteiger charge is 2.40. The van der Waals surface area contributed by atoms with Crippen molar-refractivity contribution in [1.82, 2.24) is 14.8 Å². The highest BCUT2D eigenvalue weighted by molar-refractivity contribution is 7.99. The van der Waals surface area contributed by atoms with Crippen LogP contribution in [0.2, 0.25) is 0 Å². The lowest BCUT2D eigenvalue weighted by Gasteiger charge is -2.13. The number of hydrogen-bond acceptors (Lipinski definition) is 5. The van der Waals surface area contributed by atoms with E-state index < -0.39 is 17.8 Å². The molecular weight excluding hydrogens is 279 g/mol. The highest BCUT2D eigenvalue weighted by Crippen LogP contribution is 2.30. The Morgan fingerprint density at radius 3 is 2.63 bits per heavy atom. The van der Waals surface area contributed by atoms with E-state index in [-0.39, 0.29) is 6.54 Å². The number of nitrogens with zero attached hydrogens (tertiary/aromatic N) is 4. The highest BCUT2D eigenvalue weighted by atomic mass is 32.2. The maximum absolute atomic E-state index is 12.4. The molecule has 0 saturated carbocycles. The predicted octanol–water partition coefficient (Wildman–Crippen LogP) is 1.94. The van der Waals surface area contributed by atoms with Gasteiger partial charge in [0.05, 0.1) is 12.6 Å². The van der Waals surface area contributed by atoms with E-state index in [1.165, 1.54) is 6.07 Å². The van der Waals surface area contributed by atoms with Gasteiger partial charge in [0.1, 0.15) is 5.82 Å². The van der Waals surface area contributed by atoms with Gasteiger partial charge in [0.2, 0.25) is 0 Å². The standard InChI is InChI=1S/C10H14F3N5S/c1-2-3-18-8(5-15)16-17-9(18)19-6-7(4-14)10(11,12)13/h7H,2-3,5-6,15H2,1H3. The van der Waals surface area contributed by atoms with Gasteiger partial charge < -0.3 is 10.3 Å². The van der Waals surface area contributed by atoms with E-state index in [4.69, 9.17) is 11.0 Å². The molecule has 1 heterocycles. The molecule has 5 nitrogen and oxygen atoms in total. The monoisotopic (exact) mass is 293 g/mol. The van der Waals surface area contributed by atoms with Crippen LogP contribution < -0.4 is 5.73 Å². The molecule has 0 saturated heterocycles. The Balaban J connectivity index is 2.78. The minimum atomic E-state index is -4.52. The normalized spacial score (nSPS) is 13.3. The van der Waals surface area contributed by atoms with Crippen molar-refractivity contribution in [1.29, 1.82) is 5.26 Å². The van der Waals surface area contributed by atoms with Gasteiger partial charge in [0.15, 0.2) is 11.1 Å². The van der Waals surface area contributed by atoms with Crippen LogP contribution >= 0.6 is 11.8 Å². The quantitative estimate of drug-likeness (QED) is 0.811. The fourth-order valence-electron chi connectivity index (χ4n) is 1.39. The Hall–Kier alpha value is -1.27. The van der Waals surface area contributed by atoms with Crippen LogP contribution in [0.5, 0.6) is 0 Å².